The summed E-state index contributed by atoms with van der Waals surface area (Å²) in [6, 6.07) is 7.63. The van der Waals surface area contributed by atoms with Gasteiger partial charge < -0.3 is 19.7 Å². The van der Waals surface area contributed by atoms with Gasteiger partial charge in [0.2, 0.25) is 0 Å². The van der Waals surface area contributed by atoms with Crippen molar-refractivity contribution in [2.45, 2.75) is 19.1 Å². The average molecular weight is 370 g/mol. The number of carbonyl (C=O) groups is 2. The van der Waals surface area contributed by atoms with Gasteiger partial charge in [-0.15, -0.1) is 0 Å². The number of nitrogens with zero attached hydrogens (tertiary/aromatic N) is 1. The first kappa shape index (κ1) is 18.1. The van der Waals surface area contributed by atoms with Crippen LogP contribution in [0, 0.1) is 11.8 Å². The standard InChI is InChI=1S/C17H17F3N2O4/c1-9(14-6-10-4-2-3-5-13(10)26-14)21-16(25)22-7-11(15(23)24)12(8-22)17(18,19)20/h2-6,9,11-12H,7-8H2,1H3,(H,21,25)(H,23,24)/t9-,11-,12-/m1/s1. The van der Waals surface area contributed by atoms with E-state index in [1.54, 1.807) is 25.1 Å². The van der Waals surface area contributed by atoms with Crippen LogP contribution in [0.2, 0.25) is 0 Å². The molecule has 1 aromatic carbocycles. The summed E-state index contributed by atoms with van der Waals surface area (Å²) in [5.74, 6) is -4.84. The van der Waals surface area contributed by atoms with Crippen molar-refractivity contribution in [1.29, 1.82) is 0 Å². The van der Waals surface area contributed by atoms with Crippen molar-refractivity contribution in [2.24, 2.45) is 11.8 Å². The predicted molar refractivity (Wildman–Crippen MR) is 85.4 cm³/mol. The minimum atomic E-state index is -4.68. The molecule has 0 unspecified atom stereocenters. The first-order chi connectivity index (χ1) is 12.2. The Balaban J connectivity index is 1.70. The summed E-state index contributed by atoms with van der Waals surface area (Å²) >= 11 is 0. The van der Waals surface area contributed by atoms with Crippen molar-refractivity contribution in [1.82, 2.24) is 10.2 Å². The highest BCUT2D eigenvalue weighted by Crippen LogP contribution is 2.37. The number of carboxylic acids is 1. The van der Waals surface area contributed by atoms with Crippen LogP contribution in [0.25, 0.3) is 11.0 Å². The summed E-state index contributed by atoms with van der Waals surface area (Å²) in [6.45, 7) is 0.471. The molecule has 1 aliphatic rings. The highest BCUT2D eigenvalue weighted by Gasteiger charge is 2.53. The smallest absolute Gasteiger partial charge is 0.394 e. The van der Waals surface area contributed by atoms with Gasteiger partial charge >= 0.3 is 18.2 Å². The van der Waals surface area contributed by atoms with Gasteiger partial charge in [0.25, 0.3) is 0 Å². The van der Waals surface area contributed by atoms with E-state index < -0.39 is 49.1 Å². The van der Waals surface area contributed by atoms with E-state index in [0.717, 1.165) is 10.3 Å². The highest BCUT2D eigenvalue weighted by molar-refractivity contribution is 5.79. The summed E-state index contributed by atoms with van der Waals surface area (Å²) in [5.41, 5.74) is 0.632. The number of alkyl halides is 3. The number of hydrogen-bond donors (Lipinski definition) is 2. The molecule has 1 fully saturated rings. The maximum Gasteiger partial charge on any atom is 0.394 e. The van der Waals surface area contributed by atoms with E-state index in [1.807, 2.05) is 12.1 Å². The van der Waals surface area contributed by atoms with Crippen molar-refractivity contribution >= 4 is 23.0 Å². The van der Waals surface area contributed by atoms with Crippen LogP contribution in [0.3, 0.4) is 0 Å². The Labute approximate surface area is 146 Å². The van der Waals surface area contributed by atoms with Crippen molar-refractivity contribution < 1.29 is 32.3 Å². The Morgan fingerprint density at radius 2 is 2.00 bits per heavy atom. The zero-order valence-electron chi connectivity index (χ0n) is 13.8. The van der Waals surface area contributed by atoms with Gasteiger partial charge in [-0.1, -0.05) is 18.2 Å². The molecule has 0 aliphatic carbocycles. The third kappa shape index (κ3) is 3.47. The number of halogens is 3. The van der Waals surface area contributed by atoms with Crippen LogP contribution < -0.4 is 5.32 Å². The quantitative estimate of drug-likeness (QED) is 0.868. The largest absolute Gasteiger partial charge is 0.481 e. The van der Waals surface area contributed by atoms with E-state index in [2.05, 4.69) is 5.32 Å². The molecule has 0 bridgehead atoms. The summed E-state index contributed by atoms with van der Waals surface area (Å²) in [7, 11) is 0. The number of carboxylic acid groups (broad SMARTS) is 1. The second kappa shape index (κ2) is 6.54. The van der Waals surface area contributed by atoms with Gasteiger partial charge in [0.15, 0.2) is 0 Å². The molecule has 26 heavy (non-hydrogen) atoms. The van der Waals surface area contributed by atoms with Crippen molar-refractivity contribution in [3.05, 3.63) is 36.1 Å². The lowest BCUT2D eigenvalue weighted by Crippen LogP contribution is -2.40. The first-order valence-electron chi connectivity index (χ1n) is 8.00. The molecule has 3 atom stereocenters. The SMILES string of the molecule is C[C@@H](NC(=O)N1C[C@@H](C(F)(F)F)[C@H](C(=O)O)C1)c1cc2ccccc2o1. The average Bonchev–Trinajstić information content (AvgIpc) is 3.18. The van der Waals surface area contributed by atoms with Gasteiger partial charge in [-0.05, 0) is 19.1 Å². The minimum absolute atomic E-state index is 0.459. The molecule has 0 saturated carbocycles. The Hall–Kier alpha value is -2.71. The lowest BCUT2D eigenvalue weighted by Gasteiger charge is -2.20. The Morgan fingerprint density at radius 1 is 1.31 bits per heavy atom. The number of furan rings is 1. The summed E-state index contributed by atoms with van der Waals surface area (Å²) in [6.07, 6.45) is -4.68. The molecular formula is C17H17F3N2O4. The molecule has 2 amide bonds. The number of aliphatic carboxylic acids is 1. The Morgan fingerprint density at radius 3 is 2.58 bits per heavy atom. The Bertz CT molecular complexity index is 800. The summed E-state index contributed by atoms with van der Waals surface area (Å²) in [5, 5.41) is 12.4. The number of carbonyl (C=O) groups excluding carboxylic acids is 1. The van der Waals surface area contributed by atoms with Crippen LogP contribution >= 0.6 is 0 Å². The monoisotopic (exact) mass is 370 g/mol. The molecule has 9 heteroatoms. The minimum Gasteiger partial charge on any atom is -0.481 e. The number of hydrogen-bond acceptors (Lipinski definition) is 3. The van der Waals surface area contributed by atoms with E-state index in [4.69, 9.17) is 9.52 Å². The topological polar surface area (TPSA) is 82.8 Å². The molecular weight excluding hydrogens is 353 g/mol. The van der Waals surface area contributed by atoms with E-state index in [1.165, 1.54) is 0 Å². The molecule has 1 aliphatic heterocycles. The number of nitrogens with one attached hydrogen (secondary N) is 1. The third-order valence-corrected chi connectivity index (χ3v) is 4.56. The molecule has 2 aromatic rings. The van der Waals surface area contributed by atoms with Gasteiger partial charge in [-0.3, -0.25) is 4.79 Å². The van der Waals surface area contributed by atoms with Crippen LogP contribution in [0.1, 0.15) is 18.7 Å². The number of benzene rings is 1. The number of urea groups is 1. The number of fused-ring (bicyclic) bond motifs is 1. The molecule has 2 heterocycles. The molecule has 1 aromatic heterocycles. The van der Waals surface area contributed by atoms with E-state index >= 15 is 0 Å². The van der Waals surface area contributed by atoms with Crippen LogP contribution in [0.5, 0.6) is 0 Å². The van der Waals surface area contributed by atoms with E-state index in [0.29, 0.717) is 11.3 Å². The lowest BCUT2D eigenvalue weighted by atomic mass is 9.96. The van der Waals surface area contributed by atoms with Crippen molar-refractivity contribution in [2.75, 3.05) is 13.1 Å². The fourth-order valence-corrected chi connectivity index (χ4v) is 3.11. The van der Waals surface area contributed by atoms with Gasteiger partial charge in [0.1, 0.15) is 11.3 Å². The Kier molecular flexibility index (Phi) is 4.55. The lowest BCUT2D eigenvalue weighted by molar-refractivity contribution is -0.187. The van der Waals surface area contributed by atoms with E-state index in [-0.39, 0.29) is 0 Å². The summed E-state index contributed by atoms with van der Waals surface area (Å²) in [4.78, 5) is 24.3. The molecule has 6 nitrogen and oxygen atoms in total. The van der Waals surface area contributed by atoms with Crippen LogP contribution in [0.4, 0.5) is 18.0 Å². The second-order valence-electron chi connectivity index (χ2n) is 6.36. The van der Waals surface area contributed by atoms with E-state index in [9.17, 15) is 22.8 Å². The fraction of sp³-hybridized carbons (Fsp3) is 0.412. The zero-order valence-corrected chi connectivity index (χ0v) is 13.8. The number of rotatable bonds is 3. The predicted octanol–water partition coefficient (Wildman–Crippen LogP) is 3.40. The normalized spacial score (nSPS) is 21.8. The molecule has 140 valence electrons. The third-order valence-electron chi connectivity index (χ3n) is 4.56. The second-order valence-corrected chi connectivity index (χ2v) is 6.36. The molecule has 2 N–H and O–H groups in total. The van der Waals surface area contributed by atoms with Gasteiger partial charge in [0.05, 0.1) is 17.9 Å². The summed E-state index contributed by atoms with van der Waals surface area (Å²) < 4.78 is 44.7. The molecule has 0 spiro atoms. The first-order valence-corrected chi connectivity index (χ1v) is 8.00. The van der Waals surface area contributed by atoms with Gasteiger partial charge in [-0.25, -0.2) is 4.79 Å². The van der Waals surface area contributed by atoms with Crippen molar-refractivity contribution in [3.8, 4) is 0 Å². The maximum absolute atomic E-state index is 13.0. The fourth-order valence-electron chi connectivity index (χ4n) is 3.11. The van der Waals surface area contributed by atoms with Gasteiger partial charge in [-0.2, -0.15) is 13.2 Å². The number of likely N-dealkylation sites (tertiary alicyclic amines) is 1. The van der Waals surface area contributed by atoms with Crippen LogP contribution in [-0.4, -0.2) is 41.3 Å². The highest BCUT2D eigenvalue weighted by atomic mass is 19.4. The maximum atomic E-state index is 13.0. The van der Waals surface area contributed by atoms with Crippen LogP contribution in [-0.2, 0) is 4.79 Å². The number of para-hydroxylation sites is 1. The zero-order chi connectivity index (χ0) is 19.1. The molecule has 0 radical (unpaired) electrons. The number of amides is 2. The van der Waals surface area contributed by atoms with Gasteiger partial charge in [0, 0.05) is 18.5 Å². The van der Waals surface area contributed by atoms with Crippen LogP contribution in [0.15, 0.2) is 34.7 Å². The van der Waals surface area contributed by atoms with Crippen molar-refractivity contribution in [3.63, 3.8) is 0 Å². The molecule has 3 rings (SSSR count). The molecule has 1 saturated heterocycles.